The van der Waals surface area contributed by atoms with E-state index < -0.39 is 29.4 Å². The molecule has 0 aromatic carbocycles. The largest absolute Gasteiger partial charge is 0.461 e. The molecule has 6 rings (SSSR count). The van der Waals surface area contributed by atoms with Gasteiger partial charge in [-0.2, -0.15) is 23.1 Å². The molecule has 9 nitrogen and oxygen atoms in total. The molecule has 5 heterocycles. The van der Waals surface area contributed by atoms with Gasteiger partial charge in [0.1, 0.15) is 24.4 Å². The molecule has 3 fully saturated rings. The summed E-state index contributed by atoms with van der Waals surface area (Å²) in [5.74, 6) is -0.256. The number of nitrogen functional groups attached to an aromatic ring is 1. The summed E-state index contributed by atoms with van der Waals surface area (Å²) in [6, 6.07) is 1.35. The minimum atomic E-state index is -4.59. The quantitative estimate of drug-likeness (QED) is 0.353. The number of amides is 1. The van der Waals surface area contributed by atoms with Crippen LogP contribution in [0.2, 0.25) is 0 Å². The zero-order valence-electron chi connectivity index (χ0n) is 26.0. The highest BCUT2D eigenvalue weighted by Crippen LogP contribution is 2.46. The van der Waals surface area contributed by atoms with Gasteiger partial charge >= 0.3 is 12.2 Å². The minimum absolute atomic E-state index is 0.0325. The number of nitrogens with two attached hydrogens (primary N) is 1. The maximum Gasteiger partial charge on any atom is 0.418 e. The number of carbonyl (C=O) groups excluding carboxylic acids is 1. The summed E-state index contributed by atoms with van der Waals surface area (Å²) < 4.78 is 63.7. The number of likely N-dealkylation sites (tertiary alicyclic amines) is 1. The molecule has 45 heavy (non-hydrogen) atoms. The van der Waals surface area contributed by atoms with E-state index in [0.717, 1.165) is 31.4 Å². The Morgan fingerprint density at radius 1 is 1.24 bits per heavy atom. The highest BCUT2D eigenvalue weighted by molar-refractivity contribution is 5.87. The van der Waals surface area contributed by atoms with E-state index in [9.17, 15) is 22.4 Å². The molecular formula is C32H41F4N7O2. The van der Waals surface area contributed by atoms with Gasteiger partial charge in [-0.25, -0.2) is 9.37 Å². The number of pyridine rings is 1. The summed E-state index contributed by atoms with van der Waals surface area (Å²) in [6.07, 6.45) is -0.680. The Morgan fingerprint density at radius 2 is 2.02 bits per heavy atom. The molecule has 1 aliphatic carbocycles. The fourth-order valence-electron chi connectivity index (χ4n) is 8.04. The van der Waals surface area contributed by atoms with E-state index in [-0.39, 0.29) is 54.0 Å². The van der Waals surface area contributed by atoms with Gasteiger partial charge < -0.3 is 20.3 Å². The minimum Gasteiger partial charge on any atom is -0.461 e. The first-order valence-electron chi connectivity index (χ1n) is 15.7. The maximum atomic E-state index is 14.4. The number of aromatic nitrogens is 3. The summed E-state index contributed by atoms with van der Waals surface area (Å²) in [5.41, 5.74) is 6.24. The molecule has 2 aromatic heterocycles. The number of alkyl halides is 4. The van der Waals surface area contributed by atoms with Gasteiger partial charge in [0.05, 0.1) is 22.5 Å². The average molecular weight is 632 g/mol. The van der Waals surface area contributed by atoms with Crippen LogP contribution in [0.4, 0.5) is 29.2 Å². The SMILES string of the molecule is C=CC(=O)N1CC[C@@H](N(C)c2nc(OC[C@@]34CCCN3C[C@H](F)C4)nc3c2C[C@H](C)[C@@H](c2nc(N)cc(C)c2C(F)(F)F)C3)C1. The monoisotopic (exact) mass is 631 g/mol. The first kappa shape index (κ1) is 31.5. The van der Waals surface area contributed by atoms with Crippen LogP contribution in [0.25, 0.3) is 0 Å². The van der Waals surface area contributed by atoms with Gasteiger partial charge in [0, 0.05) is 50.6 Å². The van der Waals surface area contributed by atoms with Crippen molar-refractivity contribution in [3.63, 3.8) is 0 Å². The third kappa shape index (κ3) is 5.83. The zero-order chi connectivity index (χ0) is 32.3. The summed E-state index contributed by atoms with van der Waals surface area (Å²) in [7, 11) is 1.92. The van der Waals surface area contributed by atoms with Crippen molar-refractivity contribution in [2.24, 2.45) is 5.92 Å². The van der Waals surface area contributed by atoms with Crippen LogP contribution in [0.1, 0.15) is 66.6 Å². The number of hydrogen-bond donors (Lipinski definition) is 1. The number of rotatable bonds is 7. The Hall–Kier alpha value is -3.48. The standard InChI is InChI=1S/C32H41F4N7O2/c1-5-26(44)42-10-7-21(16-42)41(4)29-23-11-18(2)22(28-27(32(34,35)36)19(3)12-25(37)39-28)13-24(23)38-30(40-29)45-17-31-8-6-9-43(31)15-20(33)14-31/h5,12,18,20-22H,1,6-11,13-17H2,2-4H3,(H2,37,39)/t18-,20+,21+,22-,31-/m0/s1. The van der Waals surface area contributed by atoms with Crippen molar-refractivity contribution in [3.8, 4) is 6.01 Å². The van der Waals surface area contributed by atoms with Crippen molar-refractivity contribution >= 4 is 17.5 Å². The molecule has 2 aromatic rings. The lowest BCUT2D eigenvalue weighted by atomic mass is 9.75. The fourth-order valence-corrected chi connectivity index (χ4v) is 8.04. The molecule has 0 saturated carbocycles. The van der Waals surface area contributed by atoms with Crippen LogP contribution in [0, 0.1) is 12.8 Å². The third-order valence-corrected chi connectivity index (χ3v) is 10.3. The Kier molecular flexibility index (Phi) is 8.20. The lowest BCUT2D eigenvalue weighted by molar-refractivity contribution is -0.139. The van der Waals surface area contributed by atoms with Crippen LogP contribution >= 0.6 is 0 Å². The van der Waals surface area contributed by atoms with Crippen molar-refractivity contribution in [2.45, 2.75) is 82.2 Å². The molecule has 4 aliphatic rings. The number of likely N-dealkylation sites (N-methyl/N-ethyl adjacent to an activating group) is 1. The van der Waals surface area contributed by atoms with E-state index in [1.165, 1.54) is 19.1 Å². The highest BCUT2D eigenvalue weighted by atomic mass is 19.4. The number of ether oxygens (including phenoxy) is 1. The van der Waals surface area contributed by atoms with Crippen molar-refractivity contribution in [1.82, 2.24) is 24.8 Å². The molecule has 1 amide bonds. The second kappa shape index (κ2) is 11.7. The van der Waals surface area contributed by atoms with E-state index in [2.05, 4.69) is 16.5 Å². The van der Waals surface area contributed by atoms with Gasteiger partial charge in [-0.05, 0) is 69.2 Å². The number of anilines is 2. The van der Waals surface area contributed by atoms with Gasteiger partial charge in [0.2, 0.25) is 5.91 Å². The topological polar surface area (TPSA) is 101 Å². The van der Waals surface area contributed by atoms with E-state index in [1.807, 2.05) is 18.9 Å². The van der Waals surface area contributed by atoms with Gasteiger partial charge in [-0.3, -0.25) is 9.69 Å². The molecule has 0 bridgehead atoms. The van der Waals surface area contributed by atoms with Crippen molar-refractivity contribution in [2.75, 3.05) is 50.5 Å². The summed E-state index contributed by atoms with van der Waals surface area (Å²) >= 11 is 0. The molecular weight excluding hydrogens is 590 g/mol. The number of carbonyl (C=O) groups is 1. The molecule has 0 radical (unpaired) electrons. The number of hydrogen-bond acceptors (Lipinski definition) is 8. The maximum absolute atomic E-state index is 14.4. The van der Waals surface area contributed by atoms with Gasteiger partial charge in [0.15, 0.2) is 0 Å². The zero-order valence-corrected chi connectivity index (χ0v) is 26.0. The van der Waals surface area contributed by atoms with E-state index >= 15 is 0 Å². The number of halogens is 4. The molecule has 0 spiro atoms. The van der Waals surface area contributed by atoms with Gasteiger partial charge in [0.25, 0.3) is 0 Å². The van der Waals surface area contributed by atoms with Crippen LogP contribution in [0.3, 0.4) is 0 Å². The van der Waals surface area contributed by atoms with Crippen LogP contribution in [-0.4, -0.2) is 88.2 Å². The van der Waals surface area contributed by atoms with Crippen molar-refractivity contribution in [3.05, 3.63) is 46.8 Å². The van der Waals surface area contributed by atoms with Gasteiger partial charge in [-0.15, -0.1) is 0 Å². The Balaban J connectivity index is 1.37. The van der Waals surface area contributed by atoms with Crippen LogP contribution in [0.15, 0.2) is 18.7 Å². The van der Waals surface area contributed by atoms with E-state index in [4.69, 9.17) is 20.4 Å². The Bertz CT molecular complexity index is 1490. The second-order valence-electron chi connectivity index (χ2n) is 13.3. The summed E-state index contributed by atoms with van der Waals surface area (Å²) in [5, 5.41) is 0. The lowest BCUT2D eigenvalue weighted by Crippen LogP contribution is -2.43. The fraction of sp³-hybridized carbons (Fsp3) is 0.625. The first-order valence-corrected chi connectivity index (χ1v) is 15.7. The van der Waals surface area contributed by atoms with E-state index in [1.54, 1.807) is 4.90 Å². The highest BCUT2D eigenvalue weighted by Gasteiger charge is 2.49. The van der Waals surface area contributed by atoms with Crippen molar-refractivity contribution < 1.29 is 27.1 Å². The second-order valence-corrected chi connectivity index (χ2v) is 13.3. The van der Waals surface area contributed by atoms with Crippen LogP contribution in [0.5, 0.6) is 6.01 Å². The number of nitrogens with zero attached hydrogens (tertiary/aromatic N) is 6. The third-order valence-electron chi connectivity index (χ3n) is 10.3. The predicted octanol–water partition coefficient (Wildman–Crippen LogP) is 4.48. The summed E-state index contributed by atoms with van der Waals surface area (Å²) in [6.45, 7) is 9.44. The van der Waals surface area contributed by atoms with E-state index in [0.29, 0.717) is 44.0 Å². The molecule has 13 heteroatoms. The van der Waals surface area contributed by atoms with Crippen LogP contribution < -0.4 is 15.4 Å². The molecule has 3 aliphatic heterocycles. The number of fused-ring (bicyclic) bond motifs is 2. The normalized spacial score (nSPS) is 28.2. The smallest absolute Gasteiger partial charge is 0.418 e. The molecule has 244 valence electrons. The number of aryl methyl sites for hydroxylation is 1. The molecule has 3 saturated heterocycles. The Labute approximate surface area is 260 Å². The molecule has 0 unspecified atom stereocenters. The van der Waals surface area contributed by atoms with Crippen molar-refractivity contribution in [1.29, 1.82) is 0 Å². The Morgan fingerprint density at radius 3 is 2.76 bits per heavy atom. The van der Waals surface area contributed by atoms with Gasteiger partial charge in [-0.1, -0.05) is 13.5 Å². The van der Waals surface area contributed by atoms with Crippen LogP contribution in [-0.2, 0) is 23.8 Å². The predicted molar refractivity (Wildman–Crippen MR) is 162 cm³/mol. The summed E-state index contributed by atoms with van der Waals surface area (Å²) in [4.78, 5) is 32.1. The first-order chi connectivity index (χ1) is 21.3. The molecule has 2 N–H and O–H groups in total. The lowest BCUT2D eigenvalue weighted by Gasteiger charge is -2.36. The average Bonchev–Trinajstić information content (AvgIpc) is 3.68. The molecule has 5 atom stereocenters.